The number of hydrogen-bond acceptors (Lipinski definition) is 3. The lowest BCUT2D eigenvalue weighted by molar-refractivity contribution is 0.176. The highest BCUT2D eigenvalue weighted by Crippen LogP contribution is 2.22. The van der Waals surface area contributed by atoms with Crippen LogP contribution in [0.2, 0.25) is 0 Å². The Morgan fingerprint density at radius 1 is 1.64 bits per heavy atom. The maximum absolute atomic E-state index is 5.41. The third-order valence-electron chi connectivity index (χ3n) is 3.18. The number of furan rings is 1. The Kier molecular flexibility index (Phi) is 2.89. The summed E-state index contributed by atoms with van der Waals surface area (Å²) in [6.45, 7) is 4.43. The van der Waals surface area contributed by atoms with Crippen LogP contribution in [0.3, 0.4) is 0 Å². The summed E-state index contributed by atoms with van der Waals surface area (Å²) in [4.78, 5) is 2.39. The van der Waals surface area contributed by atoms with E-state index in [1.54, 1.807) is 6.26 Å². The van der Waals surface area contributed by atoms with Crippen molar-refractivity contribution in [3.05, 3.63) is 24.2 Å². The number of likely N-dealkylation sites (N-methyl/N-ethyl adjacent to an activating group) is 1. The van der Waals surface area contributed by atoms with Crippen LogP contribution in [0, 0.1) is 0 Å². The molecular weight excluding hydrogens is 176 g/mol. The van der Waals surface area contributed by atoms with Crippen LogP contribution in [0.4, 0.5) is 0 Å². The van der Waals surface area contributed by atoms with Crippen LogP contribution in [0.1, 0.15) is 25.1 Å². The Labute approximate surface area is 85.1 Å². The van der Waals surface area contributed by atoms with E-state index in [1.165, 1.54) is 6.42 Å². The van der Waals surface area contributed by atoms with Gasteiger partial charge in [-0.25, -0.2) is 0 Å². The summed E-state index contributed by atoms with van der Waals surface area (Å²) in [5, 5.41) is 3.38. The Hall–Kier alpha value is -0.800. The maximum atomic E-state index is 5.41. The summed E-state index contributed by atoms with van der Waals surface area (Å²) in [5.41, 5.74) is 0. The normalized spacial score (nSPS) is 24.4. The minimum Gasteiger partial charge on any atom is -0.468 e. The fraction of sp³-hybridized carbons (Fsp3) is 0.636. The van der Waals surface area contributed by atoms with Gasteiger partial charge in [0.05, 0.1) is 12.3 Å². The molecule has 2 atom stereocenters. The fourth-order valence-corrected chi connectivity index (χ4v) is 2.03. The quantitative estimate of drug-likeness (QED) is 0.793. The Morgan fingerprint density at radius 2 is 2.50 bits per heavy atom. The molecule has 1 aliphatic heterocycles. The molecule has 1 aliphatic rings. The van der Waals surface area contributed by atoms with Gasteiger partial charge >= 0.3 is 0 Å². The second-order valence-corrected chi connectivity index (χ2v) is 4.00. The Bertz CT molecular complexity index is 265. The lowest BCUT2D eigenvalue weighted by Gasteiger charge is -2.28. The number of hydrogen-bond donors (Lipinski definition) is 1. The van der Waals surface area contributed by atoms with Crippen molar-refractivity contribution in [1.82, 2.24) is 10.2 Å². The molecule has 0 amide bonds. The summed E-state index contributed by atoms with van der Waals surface area (Å²) in [6, 6.07) is 5.01. The third-order valence-corrected chi connectivity index (χ3v) is 3.18. The predicted molar refractivity (Wildman–Crippen MR) is 56.2 cm³/mol. The zero-order valence-corrected chi connectivity index (χ0v) is 8.86. The number of nitrogens with zero attached hydrogens (tertiary/aromatic N) is 1. The van der Waals surface area contributed by atoms with Crippen molar-refractivity contribution in [2.45, 2.75) is 25.4 Å². The van der Waals surface area contributed by atoms with Crippen LogP contribution >= 0.6 is 0 Å². The van der Waals surface area contributed by atoms with E-state index in [2.05, 4.69) is 24.2 Å². The SMILES string of the molecule is CC(c1ccco1)N(C)[C@H]1CCNC1. The molecule has 2 rings (SSSR count). The zero-order chi connectivity index (χ0) is 9.97. The average Bonchev–Trinajstić information content (AvgIpc) is 2.87. The monoisotopic (exact) mass is 194 g/mol. The zero-order valence-electron chi connectivity index (χ0n) is 8.86. The molecule has 3 heteroatoms. The van der Waals surface area contributed by atoms with Crippen LogP contribution in [-0.4, -0.2) is 31.1 Å². The molecule has 2 heterocycles. The molecule has 0 bridgehead atoms. The number of rotatable bonds is 3. The van der Waals surface area contributed by atoms with Crippen molar-refractivity contribution in [1.29, 1.82) is 0 Å². The Balaban J connectivity index is 2.00. The van der Waals surface area contributed by atoms with Crippen LogP contribution in [0.15, 0.2) is 22.8 Å². The smallest absolute Gasteiger partial charge is 0.120 e. The summed E-state index contributed by atoms with van der Waals surface area (Å²) in [5.74, 6) is 1.06. The molecule has 1 fully saturated rings. The molecule has 1 N–H and O–H groups in total. The Morgan fingerprint density at radius 3 is 3.07 bits per heavy atom. The van der Waals surface area contributed by atoms with Crippen molar-refractivity contribution >= 4 is 0 Å². The molecule has 0 saturated carbocycles. The molecule has 0 aromatic carbocycles. The van der Waals surface area contributed by atoms with Gasteiger partial charge in [0.15, 0.2) is 0 Å². The fourth-order valence-electron chi connectivity index (χ4n) is 2.03. The van der Waals surface area contributed by atoms with Gasteiger partial charge in [-0.3, -0.25) is 4.90 Å². The van der Waals surface area contributed by atoms with Crippen LogP contribution < -0.4 is 5.32 Å². The second kappa shape index (κ2) is 4.15. The van der Waals surface area contributed by atoms with Crippen LogP contribution in [0.25, 0.3) is 0 Å². The molecule has 1 aromatic rings. The van der Waals surface area contributed by atoms with E-state index >= 15 is 0 Å². The van der Waals surface area contributed by atoms with Gasteiger partial charge < -0.3 is 9.73 Å². The van der Waals surface area contributed by atoms with Crippen molar-refractivity contribution in [2.24, 2.45) is 0 Å². The van der Waals surface area contributed by atoms with Gasteiger partial charge in [0.25, 0.3) is 0 Å². The summed E-state index contributed by atoms with van der Waals surface area (Å²) >= 11 is 0. The van der Waals surface area contributed by atoms with Gasteiger partial charge in [-0.15, -0.1) is 0 Å². The summed E-state index contributed by atoms with van der Waals surface area (Å²) in [7, 11) is 2.17. The van der Waals surface area contributed by atoms with Crippen LogP contribution in [-0.2, 0) is 0 Å². The molecule has 78 valence electrons. The van der Waals surface area contributed by atoms with E-state index in [4.69, 9.17) is 4.42 Å². The first-order valence-electron chi connectivity index (χ1n) is 5.25. The van der Waals surface area contributed by atoms with E-state index in [0.717, 1.165) is 18.8 Å². The third kappa shape index (κ3) is 1.83. The lowest BCUT2D eigenvalue weighted by atomic mass is 10.1. The van der Waals surface area contributed by atoms with Gasteiger partial charge in [0.1, 0.15) is 5.76 Å². The molecule has 1 unspecified atom stereocenters. The molecule has 14 heavy (non-hydrogen) atoms. The predicted octanol–water partition coefficient (Wildman–Crippen LogP) is 1.63. The van der Waals surface area contributed by atoms with Crippen molar-refractivity contribution in [3.8, 4) is 0 Å². The minimum absolute atomic E-state index is 0.370. The minimum atomic E-state index is 0.370. The highest BCUT2D eigenvalue weighted by atomic mass is 16.3. The lowest BCUT2D eigenvalue weighted by Crippen LogP contribution is -2.35. The first kappa shape index (κ1) is 9.74. The van der Waals surface area contributed by atoms with E-state index in [0.29, 0.717) is 12.1 Å². The number of nitrogens with one attached hydrogen (secondary N) is 1. The second-order valence-electron chi connectivity index (χ2n) is 4.00. The molecule has 1 saturated heterocycles. The highest BCUT2D eigenvalue weighted by Gasteiger charge is 2.24. The largest absolute Gasteiger partial charge is 0.468 e. The van der Waals surface area contributed by atoms with Gasteiger partial charge in [-0.1, -0.05) is 0 Å². The van der Waals surface area contributed by atoms with E-state index < -0.39 is 0 Å². The van der Waals surface area contributed by atoms with Crippen molar-refractivity contribution in [3.63, 3.8) is 0 Å². The topological polar surface area (TPSA) is 28.4 Å². The summed E-state index contributed by atoms with van der Waals surface area (Å²) < 4.78 is 5.41. The molecule has 0 aliphatic carbocycles. The van der Waals surface area contributed by atoms with Crippen molar-refractivity contribution < 1.29 is 4.42 Å². The highest BCUT2D eigenvalue weighted by molar-refractivity contribution is 5.04. The van der Waals surface area contributed by atoms with Gasteiger partial charge in [0, 0.05) is 12.6 Å². The van der Waals surface area contributed by atoms with E-state index in [9.17, 15) is 0 Å². The molecule has 1 aromatic heterocycles. The van der Waals surface area contributed by atoms with E-state index in [1.807, 2.05) is 12.1 Å². The van der Waals surface area contributed by atoms with Gasteiger partial charge in [-0.05, 0) is 39.1 Å². The molecule has 3 nitrogen and oxygen atoms in total. The molecular formula is C11H18N2O. The standard InChI is InChI=1S/C11H18N2O/c1-9(11-4-3-7-14-11)13(2)10-5-6-12-8-10/h3-4,7,9-10,12H,5-6,8H2,1-2H3/t9?,10-/m0/s1. The first-order chi connectivity index (χ1) is 6.79. The average molecular weight is 194 g/mol. The van der Waals surface area contributed by atoms with Crippen molar-refractivity contribution in [2.75, 3.05) is 20.1 Å². The van der Waals surface area contributed by atoms with Crippen LogP contribution in [0.5, 0.6) is 0 Å². The van der Waals surface area contributed by atoms with Gasteiger partial charge in [0.2, 0.25) is 0 Å². The first-order valence-corrected chi connectivity index (χ1v) is 5.25. The molecule has 0 radical (unpaired) electrons. The van der Waals surface area contributed by atoms with Gasteiger partial charge in [-0.2, -0.15) is 0 Å². The molecule has 0 spiro atoms. The van der Waals surface area contributed by atoms with E-state index in [-0.39, 0.29) is 0 Å². The maximum Gasteiger partial charge on any atom is 0.120 e. The summed E-state index contributed by atoms with van der Waals surface area (Å²) in [6.07, 6.45) is 2.98.